The summed E-state index contributed by atoms with van der Waals surface area (Å²) in [5.41, 5.74) is 0.412. The summed E-state index contributed by atoms with van der Waals surface area (Å²) < 4.78 is 18.8. The quantitative estimate of drug-likeness (QED) is 0.748. The van der Waals surface area contributed by atoms with E-state index in [1.54, 1.807) is 6.92 Å². The molecule has 3 N–H and O–H groups in total. The van der Waals surface area contributed by atoms with Crippen molar-refractivity contribution in [2.45, 2.75) is 25.8 Å². The molecule has 110 valence electrons. The van der Waals surface area contributed by atoms with Crippen LogP contribution < -0.4 is 15.4 Å². The fraction of sp³-hybridized carbons (Fsp3) is 0.500. The maximum absolute atomic E-state index is 13.2. The molecule has 20 heavy (non-hydrogen) atoms. The average Bonchev–Trinajstić information content (AvgIpc) is 3.23. The number of carbonyl (C=O) groups excluding carboxylic acids is 1. The molecule has 1 aliphatic carbocycles. The number of ether oxygens (including phenoxy) is 1. The lowest BCUT2D eigenvalue weighted by atomic mass is 10.3. The average molecular weight is 282 g/mol. The Kier molecular flexibility index (Phi) is 4.79. The van der Waals surface area contributed by atoms with E-state index in [0.717, 1.165) is 12.8 Å². The minimum absolute atomic E-state index is 0.151. The molecule has 0 spiro atoms. The smallest absolute Gasteiger partial charge is 0.319 e. The summed E-state index contributed by atoms with van der Waals surface area (Å²) in [7, 11) is 0. The number of urea groups is 1. The molecule has 0 aliphatic heterocycles. The minimum atomic E-state index is -0.463. The number of aliphatic hydroxyl groups is 1. The van der Waals surface area contributed by atoms with E-state index < -0.39 is 11.8 Å². The Morgan fingerprint density at radius 2 is 2.30 bits per heavy atom. The molecule has 1 aliphatic rings. The molecule has 1 fully saturated rings. The van der Waals surface area contributed by atoms with Gasteiger partial charge < -0.3 is 20.5 Å². The SMILES string of the molecule is CC(CO)NC(=O)Nc1ccc(F)cc1OCC1CC1. The normalized spacial score (nSPS) is 15.6. The zero-order valence-corrected chi connectivity index (χ0v) is 11.4. The predicted molar refractivity (Wildman–Crippen MR) is 73.3 cm³/mol. The lowest BCUT2D eigenvalue weighted by Crippen LogP contribution is -2.38. The Bertz CT molecular complexity index is 477. The van der Waals surface area contributed by atoms with Crippen LogP contribution in [0, 0.1) is 11.7 Å². The summed E-state index contributed by atoms with van der Waals surface area (Å²) in [6.45, 7) is 2.06. The second-order valence-corrected chi connectivity index (χ2v) is 5.08. The zero-order valence-electron chi connectivity index (χ0n) is 11.4. The number of aliphatic hydroxyl groups excluding tert-OH is 1. The summed E-state index contributed by atoms with van der Waals surface area (Å²) in [6.07, 6.45) is 2.26. The number of rotatable bonds is 6. The predicted octanol–water partition coefficient (Wildman–Crippen LogP) is 2.12. The van der Waals surface area contributed by atoms with Crippen molar-refractivity contribution in [1.29, 1.82) is 0 Å². The highest BCUT2D eigenvalue weighted by molar-refractivity contribution is 5.91. The highest BCUT2D eigenvalue weighted by Gasteiger charge is 2.22. The first-order valence-corrected chi connectivity index (χ1v) is 6.69. The minimum Gasteiger partial charge on any atom is -0.491 e. The lowest BCUT2D eigenvalue weighted by molar-refractivity contribution is 0.229. The fourth-order valence-electron chi connectivity index (χ4n) is 1.64. The first-order valence-electron chi connectivity index (χ1n) is 6.69. The van der Waals surface area contributed by atoms with Gasteiger partial charge in [-0.05, 0) is 37.8 Å². The Hall–Kier alpha value is -1.82. The number of hydrogen-bond acceptors (Lipinski definition) is 3. The number of benzene rings is 1. The summed E-state index contributed by atoms with van der Waals surface area (Å²) in [4.78, 5) is 11.7. The highest BCUT2D eigenvalue weighted by Crippen LogP contribution is 2.32. The largest absolute Gasteiger partial charge is 0.491 e. The van der Waals surface area contributed by atoms with Crippen LogP contribution in [0.4, 0.5) is 14.9 Å². The van der Waals surface area contributed by atoms with Crippen molar-refractivity contribution in [2.24, 2.45) is 5.92 Å². The van der Waals surface area contributed by atoms with E-state index in [2.05, 4.69) is 10.6 Å². The molecule has 6 heteroatoms. The van der Waals surface area contributed by atoms with Gasteiger partial charge in [-0.15, -0.1) is 0 Å². The van der Waals surface area contributed by atoms with Gasteiger partial charge in [-0.3, -0.25) is 0 Å². The fourth-order valence-corrected chi connectivity index (χ4v) is 1.64. The van der Waals surface area contributed by atoms with E-state index in [4.69, 9.17) is 9.84 Å². The summed E-state index contributed by atoms with van der Waals surface area (Å²) in [6, 6.07) is 3.16. The second kappa shape index (κ2) is 6.56. The van der Waals surface area contributed by atoms with Crippen LogP contribution in [0.2, 0.25) is 0 Å². The van der Waals surface area contributed by atoms with Gasteiger partial charge in [0.25, 0.3) is 0 Å². The molecule has 1 aromatic carbocycles. The van der Waals surface area contributed by atoms with Crippen LogP contribution in [0.25, 0.3) is 0 Å². The Balaban J connectivity index is 1.99. The summed E-state index contributed by atoms with van der Waals surface area (Å²) >= 11 is 0. The van der Waals surface area contributed by atoms with Crippen LogP contribution in [-0.4, -0.2) is 30.4 Å². The van der Waals surface area contributed by atoms with E-state index in [0.29, 0.717) is 24.0 Å². The van der Waals surface area contributed by atoms with Crippen molar-refractivity contribution >= 4 is 11.7 Å². The monoisotopic (exact) mass is 282 g/mol. The molecule has 1 atom stereocenters. The number of nitrogens with one attached hydrogen (secondary N) is 2. The summed E-state index contributed by atoms with van der Waals surface area (Å²) in [5.74, 6) is 0.448. The van der Waals surface area contributed by atoms with Gasteiger partial charge >= 0.3 is 6.03 Å². The molecule has 1 saturated carbocycles. The number of amides is 2. The van der Waals surface area contributed by atoms with Crippen molar-refractivity contribution in [2.75, 3.05) is 18.5 Å². The number of halogens is 1. The molecule has 0 radical (unpaired) electrons. The molecule has 0 saturated heterocycles. The third-order valence-electron chi connectivity index (χ3n) is 3.01. The molecule has 0 bridgehead atoms. The third-order valence-corrected chi connectivity index (χ3v) is 3.01. The Morgan fingerprint density at radius 1 is 1.55 bits per heavy atom. The van der Waals surface area contributed by atoms with Gasteiger partial charge in [-0.1, -0.05) is 0 Å². The highest BCUT2D eigenvalue weighted by atomic mass is 19.1. The van der Waals surface area contributed by atoms with Gasteiger partial charge in [-0.2, -0.15) is 0 Å². The maximum atomic E-state index is 13.2. The van der Waals surface area contributed by atoms with Gasteiger partial charge in [0, 0.05) is 6.07 Å². The van der Waals surface area contributed by atoms with Crippen molar-refractivity contribution in [3.8, 4) is 5.75 Å². The van der Waals surface area contributed by atoms with Gasteiger partial charge in [-0.25, -0.2) is 9.18 Å². The standard InChI is InChI=1S/C14H19FN2O3/c1-9(7-18)16-14(19)17-12-5-4-11(15)6-13(12)20-8-10-2-3-10/h4-6,9-10,18H,2-3,7-8H2,1H3,(H2,16,17,19). The second-order valence-electron chi connectivity index (χ2n) is 5.08. The topological polar surface area (TPSA) is 70.6 Å². The van der Waals surface area contributed by atoms with Crippen LogP contribution in [0.1, 0.15) is 19.8 Å². The number of carbonyl (C=O) groups is 1. The number of anilines is 1. The van der Waals surface area contributed by atoms with Crippen molar-refractivity contribution in [1.82, 2.24) is 5.32 Å². The Labute approximate surface area is 117 Å². The van der Waals surface area contributed by atoms with E-state index in [1.807, 2.05) is 0 Å². The van der Waals surface area contributed by atoms with Gasteiger partial charge in [0.15, 0.2) is 0 Å². The maximum Gasteiger partial charge on any atom is 0.319 e. The van der Waals surface area contributed by atoms with E-state index >= 15 is 0 Å². The van der Waals surface area contributed by atoms with Gasteiger partial charge in [0.1, 0.15) is 11.6 Å². The van der Waals surface area contributed by atoms with Crippen LogP contribution in [0.15, 0.2) is 18.2 Å². The van der Waals surface area contributed by atoms with E-state index in [1.165, 1.54) is 18.2 Å². The number of hydrogen-bond donors (Lipinski definition) is 3. The Morgan fingerprint density at radius 3 is 2.95 bits per heavy atom. The van der Waals surface area contributed by atoms with Crippen LogP contribution in [0.3, 0.4) is 0 Å². The van der Waals surface area contributed by atoms with E-state index in [9.17, 15) is 9.18 Å². The molecule has 1 aromatic rings. The summed E-state index contributed by atoms with van der Waals surface area (Å²) in [5, 5.41) is 14.0. The first kappa shape index (κ1) is 14.6. The first-order chi connectivity index (χ1) is 9.58. The van der Waals surface area contributed by atoms with Crippen molar-refractivity contribution in [3.05, 3.63) is 24.0 Å². The molecular weight excluding hydrogens is 263 g/mol. The van der Waals surface area contributed by atoms with Crippen molar-refractivity contribution in [3.63, 3.8) is 0 Å². The van der Waals surface area contributed by atoms with Crippen LogP contribution >= 0.6 is 0 Å². The van der Waals surface area contributed by atoms with Crippen LogP contribution in [-0.2, 0) is 0 Å². The van der Waals surface area contributed by atoms with E-state index in [-0.39, 0.29) is 12.6 Å². The van der Waals surface area contributed by atoms with Gasteiger partial charge in [0.2, 0.25) is 0 Å². The lowest BCUT2D eigenvalue weighted by Gasteiger charge is -2.15. The zero-order chi connectivity index (χ0) is 14.5. The molecule has 2 amide bonds. The molecule has 2 rings (SSSR count). The van der Waals surface area contributed by atoms with Gasteiger partial charge in [0.05, 0.1) is 24.9 Å². The molecule has 0 aromatic heterocycles. The molecule has 1 unspecified atom stereocenters. The molecular formula is C14H19FN2O3. The third kappa shape index (κ3) is 4.38. The molecule has 5 nitrogen and oxygen atoms in total. The molecule has 0 heterocycles. The van der Waals surface area contributed by atoms with Crippen molar-refractivity contribution < 1.29 is 19.0 Å². The van der Waals surface area contributed by atoms with Crippen LogP contribution in [0.5, 0.6) is 5.75 Å².